The Morgan fingerprint density at radius 2 is 2.28 bits per heavy atom. The van der Waals surface area contributed by atoms with Gasteiger partial charge >= 0.3 is 5.97 Å². The summed E-state index contributed by atoms with van der Waals surface area (Å²) in [5, 5.41) is 7.39. The van der Waals surface area contributed by atoms with Crippen LogP contribution in [-0.4, -0.2) is 13.1 Å². The molecule has 1 heterocycles. The van der Waals surface area contributed by atoms with Gasteiger partial charge in [-0.2, -0.15) is 11.3 Å². The van der Waals surface area contributed by atoms with Gasteiger partial charge in [-0.05, 0) is 29.1 Å². The van der Waals surface area contributed by atoms with Crippen LogP contribution in [0.2, 0.25) is 0 Å². The number of carbonyl (C=O) groups excluding carboxylic acids is 1. The Bertz CT molecular complexity index is 540. The Kier molecular flexibility index (Phi) is 4.38. The van der Waals surface area contributed by atoms with Gasteiger partial charge in [-0.15, -0.1) is 0 Å². The summed E-state index contributed by atoms with van der Waals surface area (Å²) in [6.07, 6.45) is 0. The average Bonchev–Trinajstić information content (AvgIpc) is 2.89. The fraction of sp³-hybridized carbons (Fsp3) is 0.154. The van der Waals surface area contributed by atoms with Gasteiger partial charge in [0.1, 0.15) is 0 Å². The van der Waals surface area contributed by atoms with Gasteiger partial charge in [0.15, 0.2) is 0 Å². The molecule has 18 heavy (non-hydrogen) atoms. The van der Waals surface area contributed by atoms with Gasteiger partial charge in [0.2, 0.25) is 0 Å². The standard InChI is InChI=1S/C13H12BrNO2S/c1-17-13(16)9-2-3-10(12(14)6-9)7-15-11-4-5-18-8-11/h2-6,8,15H,7H2,1H3. The quantitative estimate of drug-likeness (QED) is 0.866. The zero-order chi connectivity index (χ0) is 13.0. The highest BCUT2D eigenvalue weighted by molar-refractivity contribution is 9.10. The van der Waals surface area contributed by atoms with Crippen LogP contribution < -0.4 is 5.32 Å². The predicted octanol–water partition coefficient (Wildman–Crippen LogP) is 3.91. The summed E-state index contributed by atoms with van der Waals surface area (Å²) in [5.41, 5.74) is 2.74. The lowest BCUT2D eigenvalue weighted by Crippen LogP contribution is -2.03. The smallest absolute Gasteiger partial charge is 0.337 e. The molecule has 0 aliphatic rings. The molecule has 0 radical (unpaired) electrons. The van der Waals surface area contributed by atoms with Gasteiger partial charge in [0.05, 0.1) is 12.7 Å². The molecule has 2 rings (SSSR count). The number of hydrogen-bond acceptors (Lipinski definition) is 4. The molecule has 0 saturated carbocycles. The fourth-order valence-electron chi connectivity index (χ4n) is 1.50. The topological polar surface area (TPSA) is 38.3 Å². The van der Waals surface area contributed by atoms with Gasteiger partial charge in [0, 0.05) is 22.1 Å². The van der Waals surface area contributed by atoms with E-state index in [0.717, 1.165) is 15.7 Å². The number of benzene rings is 1. The molecule has 0 bridgehead atoms. The van der Waals surface area contributed by atoms with Crippen LogP contribution in [0.15, 0.2) is 39.5 Å². The van der Waals surface area contributed by atoms with E-state index in [1.807, 2.05) is 17.5 Å². The highest BCUT2D eigenvalue weighted by Crippen LogP contribution is 2.21. The fourth-order valence-corrected chi connectivity index (χ4v) is 2.63. The van der Waals surface area contributed by atoms with Crippen molar-refractivity contribution in [3.8, 4) is 0 Å². The number of hydrogen-bond donors (Lipinski definition) is 1. The zero-order valence-corrected chi connectivity index (χ0v) is 12.2. The second-order valence-corrected chi connectivity index (χ2v) is 5.30. The van der Waals surface area contributed by atoms with Crippen molar-refractivity contribution in [3.05, 3.63) is 50.6 Å². The average molecular weight is 326 g/mol. The number of halogens is 1. The molecule has 0 atom stereocenters. The van der Waals surface area contributed by atoms with E-state index in [-0.39, 0.29) is 5.97 Å². The number of ether oxygens (including phenoxy) is 1. The summed E-state index contributed by atoms with van der Waals surface area (Å²) >= 11 is 5.12. The molecule has 94 valence electrons. The lowest BCUT2D eigenvalue weighted by Gasteiger charge is -2.08. The summed E-state index contributed by atoms with van der Waals surface area (Å²) in [6, 6.07) is 7.48. The van der Waals surface area contributed by atoms with E-state index in [1.165, 1.54) is 7.11 Å². The van der Waals surface area contributed by atoms with Crippen molar-refractivity contribution in [2.75, 3.05) is 12.4 Å². The van der Waals surface area contributed by atoms with Crippen molar-refractivity contribution >= 4 is 38.9 Å². The summed E-state index contributed by atoms with van der Waals surface area (Å²) < 4.78 is 5.57. The molecule has 5 heteroatoms. The van der Waals surface area contributed by atoms with Gasteiger partial charge < -0.3 is 10.1 Å². The molecular formula is C13H12BrNO2S. The van der Waals surface area contributed by atoms with Crippen molar-refractivity contribution in [3.63, 3.8) is 0 Å². The van der Waals surface area contributed by atoms with E-state index >= 15 is 0 Å². The van der Waals surface area contributed by atoms with Gasteiger partial charge in [-0.25, -0.2) is 4.79 Å². The molecule has 0 amide bonds. The van der Waals surface area contributed by atoms with Crippen LogP contribution >= 0.6 is 27.3 Å². The minimum atomic E-state index is -0.326. The molecular weight excluding hydrogens is 314 g/mol. The lowest BCUT2D eigenvalue weighted by molar-refractivity contribution is 0.0600. The summed E-state index contributed by atoms with van der Waals surface area (Å²) in [6.45, 7) is 0.707. The largest absolute Gasteiger partial charge is 0.465 e. The monoisotopic (exact) mass is 325 g/mol. The normalized spacial score (nSPS) is 10.1. The molecule has 0 saturated heterocycles. The minimum Gasteiger partial charge on any atom is -0.465 e. The lowest BCUT2D eigenvalue weighted by atomic mass is 10.1. The van der Waals surface area contributed by atoms with Gasteiger partial charge in [-0.1, -0.05) is 22.0 Å². The van der Waals surface area contributed by atoms with E-state index < -0.39 is 0 Å². The van der Waals surface area contributed by atoms with Crippen LogP contribution in [0.1, 0.15) is 15.9 Å². The van der Waals surface area contributed by atoms with Crippen LogP contribution in [0.3, 0.4) is 0 Å². The van der Waals surface area contributed by atoms with E-state index in [0.29, 0.717) is 12.1 Å². The molecule has 0 aliphatic carbocycles. The Balaban J connectivity index is 2.08. The number of anilines is 1. The van der Waals surface area contributed by atoms with Crippen molar-refractivity contribution in [1.29, 1.82) is 0 Å². The molecule has 1 aromatic heterocycles. The summed E-state index contributed by atoms with van der Waals surface area (Å²) in [5.74, 6) is -0.326. The van der Waals surface area contributed by atoms with E-state index in [9.17, 15) is 4.79 Å². The number of rotatable bonds is 4. The summed E-state index contributed by atoms with van der Waals surface area (Å²) in [7, 11) is 1.38. The van der Waals surface area contributed by atoms with Crippen LogP contribution in [0, 0.1) is 0 Å². The van der Waals surface area contributed by atoms with Crippen LogP contribution in [0.25, 0.3) is 0 Å². The second-order valence-electron chi connectivity index (χ2n) is 3.66. The summed E-state index contributed by atoms with van der Waals surface area (Å²) in [4.78, 5) is 11.4. The third-order valence-electron chi connectivity index (χ3n) is 2.48. The molecule has 0 unspecified atom stereocenters. The molecule has 1 aromatic carbocycles. The maximum Gasteiger partial charge on any atom is 0.337 e. The van der Waals surface area contributed by atoms with Crippen molar-refractivity contribution in [2.24, 2.45) is 0 Å². The Morgan fingerprint density at radius 3 is 2.89 bits per heavy atom. The number of methoxy groups -OCH3 is 1. The predicted molar refractivity (Wildman–Crippen MR) is 77.1 cm³/mol. The minimum absolute atomic E-state index is 0.326. The van der Waals surface area contributed by atoms with E-state index in [1.54, 1.807) is 23.5 Å². The number of nitrogens with one attached hydrogen (secondary N) is 1. The van der Waals surface area contributed by atoms with Crippen LogP contribution in [-0.2, 0) is 11.3 Å². The first kappa shape index (κ1) is 13.1. The molecule has 0 fully saturated rings. The highest BCUT2D eigenvalue weighted by atomic mass is 79.9. The Labute approximate surface area is 118 Å². The third-order valence-corrected chi connectivity index (χ3v) is 3.90. The van der Waals surface area contributed by atoms with Crippen molar-refractivity contribution in [1.82, 2.24) is 0 Å². The molecule has 3 nitrogen and oxygen atoms in total. The van der Waals surface area contributed by atoms with Crippen molar-refractivity contribution in [2.45, 2.75) is 6.54 Å². The Morgan fingerprint density at radius 1 is 1.44 bits per heavy atom. The van der Waals surface area contributed by atoms with Gasteiger partial charge in [0.25, 0.3) is 0 Å². The highest BCUT2D eigenvalue weighted by Gasteiger charge is 2.08. The van der Waals surface area contributed by atoms with E-state index in [2.05, 4.69) is 31.4 Å². The maximum absolute atomic E-state index is 11.4. The molecule has 0 spiro atoms. The SMILES string of the molecule is COC(=O)c1ccc(CNc2ccsc2)c(Br)c1. The van der Waals surface area contributed by atoms with Crippen LogP contribution in [0.4, 0.5) is 5.69 Å². The van der Waals surface area contributed by atoms with Gasteiger partial charge in [-0.3, -0.25) is 0 Å². The zero-order valence-electron chi connectivity index (χ0n) is 9.77. The first-order valence-electron chi connectivity index (χ1n) is 5.33. The number of thiophene rings is 1. The molecule has 1 N–H and O–H groups in total. The second kappa shape index (κ2) is 6.02. The molecule has 0 aliphatic heterocycles. The first-order chi connectivity index (χ1) is 8.70. The third kappa shape index (κ3) is 3.11. The maximum atomic E-state index is 11.4. The van der Waals surface area contributed by atoms with E-state index in [4.69, 9.17) is 0 Å². The molecule has 2 aromatic rings. The Hall–Kier alpha value is -1.33. The van der Waals surface area contributed by atoms with Crippen LogP contribution in [0.5, 0.6) is 0 Å². The number of esters is 1. The first-order valence-corrected chi connectivity index (χ1v) is 7.07. The number of carbonyl (C=O) groups is 1. The van der Waals surface area contributed by atoms with Crippen molar-refractivity contribution < 1.29 is 9.53 Å².